The Morgan fingerprint density at radius 3 is 0.746 bits per heavy atom. The van der Waals surface area contributed by atoms with Gasteiger partial charge in [-0.2, -0.15) is 0 Å². The minimum Gasteiger partial charge on any atom is -0.457 e. The molecule has 26 nitrogen and oxygen atoms in total. The van der Waals surface area contributed by atoms with Gasteiger partial charge in [0, 0.05) is 56.3 Å². The number of hydrogen-bond donors (Lipinski definition) is 0. The van der Waals surface area contributed by atoms with Crippen LogP contribution in [0.4, 0.5) is 4.39 Å². The SMILES string of the molecule is C=CCO[C@H]1OC(CC)[C@@H](C)[C@H](C)C1O[C@@H]1OC(CC)[C@@H](O[C@@H]2OC(COCc3ccccc3)[C@H](C)[C@H](C)C2OC(C)=O)[C@H](C)C1C.C=CCO[C@H]1OC(CC)[C@@H](C)[C@H](C)C1O[C@@H]1OC(CC)[C@@H](O[C@@H]2OC(COCc3ccccc3)[C@H](C)[C@H](C)C2OC(C)=O)[C@H](C)C1C.CCC1O[C@H](F)C(O[C@@H]2OC(CC)[C@@H](O[C@@H]3OC(COCc4ccccc4)[C@H](C)[C@H](C)C3OC(C)=O)[C@H](C)C2C)[C@@H](C)[C@@H]1C. The number of carbonyl (C=O) groups is 3. The van der Waals surface area contributed by atoms with E-state index in [2.05, 4.69) is 152 Å². The van der Waals surface area contributed by atoms with Crippen molar-refractivity contribution in [2.24, 2.45) is 107 Å². The fraction of sp³-hybridized carbons (Fsp3) is 0.775. The van der Waals surface area contributed by atoms with Crippen LogP contribution in [0.25, 0.3) is 0 Å². The summed E-state index contributed by atoms with van der Waals surface area (Å²) < 4.78 is 162. The minimum atomic E-state index is -1.50. The van der Waals surface area contributed by atoms with Crippen LogP contribution in [0.5, 0.6) is 0 Å². The minimum absolute atomic E-state index is 0.00799. The lowest BCUT2D eigenvalue weighted by atomic mass is 9.81. The van der Waals surface area contributed by atoms with Gasteiger partial charge in [-0.05, 0) is 126 Å². The molecule has 9 aliphatic rings. The van der Waals surface area contributed by atoms with E-state index in [1.807, 2.05) is 119 Å². The number of alkyl halides is 1. The molecule has 18 unspecified atom stereocenters. The van der Waals surface area contributed by atoms with Crippen molar-refractivity contribution in [3.8, 4) is 0 Å². The zero-order valence-electron chi connectivity index (χ0n) is 88.1. The van der Waals surface area contributed by atoms with Gasteiger partial charge in [-0.25, -0.2) is 4.39 Å². The molecule has 0 aromatic heterocycles. The molecular formula is C111H175FO26. The first-order chi connectivity index (χ1) is 66.0. The fourth-order valence-corrected chi connectivity index (χ4v) is 21.5. The Hall–Kier alpha value is -5.32. The summed E-state index contributed by atoms with van der Waals surface area (Å²) in [6.07, 6.45) is -3.69. The van der Waals surface area contributed by atoms with E-state index in [1.165, 1.54) is 20.8 Å². The Bertz CT molecular complexity index is 3850. The number of rotatable bonds is 39. The lowest BCUT2D eigenvalue weighted by Crippen LogP contribution is -2.59. The molecular weight excluding hydrogens is 1770 g/mol. The molecule has 12 rings (SSSR count). The number of benzene rings is 3. The zero-order chi connectivity index (χ0) is 101. The van der Waals surface area contributed by atoms with Crippen LogP contribution in [0.1, 0.15) is 242 Å². The maximum Gasteiger partial charge on any atom is 0.303 e. The van der Waals surface area contributed by atoms with Crippen molar-refractivity contribution in [3.63, 3.8) is 0 Å². The molecule has 138 heavy (non-hydrogen) atoms. The summed E-state index contributed by atoms with van der Waals surface area (Å²) in [6.45, 7) is 66.2. The van der Waals surface area contributed by atoms with Gasteiger partial charge < -0.3 is 109 Å². The van der Waals surface area contributed by atoms with Crippen molar-refractivity contribution in [3.05, 3.63) is 133 Å². The van der Waals surface area contributed by atoms with E-state index in [0.717, 1.165) is 36.0 Å². The lowest BCUT2D eigenvalue weighted by molar-refractivity contribution is -0.360. The summed E-state index contributed by atoms with van der Waals surface area (Å²) in [5, 5.41) is 0. The molecule has 9 saturated heterocycles. The third-order valence-electron chi connectivity index (χ3n) is 32.4. The van der Waals surface area contributed by atoms with Crippen molar-refractivity contribution in [1.29, 1.82) is 0 Å². The molecule has 0 amide bonds. The third-order valence-corrected chi connectivity index (χ3v) is 32.4. The van der Waals surface area contributed by atoms with E-state index in [0.29, 0.717) is 84.0 Å². The molecule has 0 radical (unpaired) electrons. The highest BCUT2D eigenvalue weighted by Gasteiger charge is 2.57. The Morgan fingerprint density at radius 2 is 0.486 bits per heavy atom. The molecule has 45 atom stereocenters. The largest absolute Gasteiger partial charge is 0.457 e. The van der Waals surface area contributed by atoms with Gasteiger partial charge in [0.15, 0.2) is 68.6 Å². The molecule has 27 heteroatoms. The summed E-state index contributed by atoms with van der Waals surface area (Å²) >= 11 is 0. The van der Waals surface area contributed by atoms with E-state index in [4.69, 9.17) is 109 Å². The van der Waals surface area contributed by atoms with Crippen molar-refractivity contribution in [2.75, 3.05) is 33.0 Å². The van der Waals surface area contributed by atoms with Gasteiger partial charge in [0.1, 0.15) is 18.3 Å². The van der Waals surface area contributed by atoms with E-state index in [9.17, 15) is 14.4 Å². The Labute approximate surface area is 825 Å². The fourth-order valence-electron chi connectivity index (χ4n) is 21.5. The van der Waals surface area contributed by atoms with E-state index < -0.39 is 81.1 Å². The second-order valence-corrected chi connectivity index (χ2v) is 41.4. The molecule has 782 valence electrons. The summed E-state index contributed by atoms with van der Waals surface area (Å²) in [5.41, 5.74) is 3.30. The van der Waals surface area contributed by atoms with E-state index in [-0.39, 0.29) is 198 Å². The van der Waals surface area contributed by atoms with Crippen LogP contribution in [0, 0.1) is 107 Å². The number of hydrogen-bond acceptors (Lipinski definition) is 26. The van der Waals surface area contributed by atoms with Crippen LogP contribution in [-0.2, 0) is 143 Å². The van der Waals surface area contributed by atoms with E-state index in [1.54, 1.807) is 12.2 Å². The molecule has 0 bridgehead atoms. The van der Waals surface area contributed by atoms with Crippen molar-refractivity contribution < 1.29 is 128 Å². The van der Waals surface area contributed by atoms with Crippen LogP contribution in [0.3, 0.4) is 0 Å². The maximum absolute atomic E-state index is 15.2. The molecule has 0 saturated carbocycles. The number of esters is 3. The maximum atomic E-state index is 15.2. The summed E-state index contributed by atoms with van der Waals surface area (Å²) in [7, 11) is 0. The standard InChI is InChI=1S/2C38H60O9.C35H55FO8/c2*1-11-19-41-37-34(24(6)22(4)30(12-2)43-37)47-36-27(9)26(8)33(31(13-3)44-36)46-38-35(42-28(10)39)25(7)23(5)32(45-38)21-40-20-29-17-15-14-16-18-29;1-10-27-19(3)21(5)31(33(36)40-27)44-34-24(8)23(7)30(28(11-2)41-34)43-35-32(39-25(9)37)22(6)20(4)29(42-35)18-38-17-26-15-13-12-14-16-26/h2*11,14-18,22-27,30-38H,1,12-13,19-21H2,2-10H3;12-16,19-24,27-35H,10-11,17-18H2,1-9H3/t2*22-,23+,24-,25-,26+,27?,30?,31?,32?,33-,34?,35?,36-,37-,38-;19-,20+,21-,22-,23+,24?,27?,28?,29?,30-,31?,32?,33-,34-,35-/m000/s1. The van der Waals surface area contributed by atoms with Crippen LogP contribution in [0.2, 0.25) is 0 Å². The quantitative estimate of drug-likeness (QED) is 0.0292. The monoisotopic (exact) mass is 1940 g/mol. The predicted molar refractivity (Wildman–Crippen MR) is 522 cm³/mol. The van der Waals surface area contributed by atoms with Crippen LogP contribution in [0.15, 0.2) is 116 Å². The predicted octanol–water partition coefficient (Wildman–Crippen LogP) is 20.5. The highest BCUT2D eigenvalue weighted by atomic mass is 19.1. The third kappa shape index (κ3) is 29.6. The normalized spacial score (nSPS) is 41.6. The van der Waals surface area contributed by atoms with Crippen molar-refractivity contribution >= 4 is 17.9 Å². The van der Waals surface area contributed by atoms with Gasteiger partial charge in [-0.3, -0.25) is 14.4 Å². The molecule has 0 spiro atoms. The Kier molecular flexibility index (Phi) is 45.9. The van der Waals surface area contributed by atoms with Crippen LogP contribution in [-0.4, -0.2) is 217 Å². The topological polar surface area (TPSA) is 263 Å². The molecule has 3 aromatic rings. The van der Waals surface area contributed by atoms with Gasteiger partial charge in [0.05, 0.1) is 126 Å². The highest BCUT2D eigenvalue weighted by Crippen LogP contribution is 2.48. The molecule has 0 N–H and O–H groups in total. The van der Waals surface area contributed by atoms with Gasteiger partial charge in [-0.15, -0.1) is 13.2 Å². The molecule has 9 heterocycles. The number of carbonyl (C=O) groups excluding carboxylic acids is 3. The first-order valence-corrected chi connectivity index (χ1v) is 52.2. The van der Waals surface area contributed by atoms with Crippen LogP contribution < -0.4 is 0 Å². The van der Waals surface area contributed by atoms with Gasteiger partial charge in [0.25, 0.3) is 0 Å². The Morgan fingerprint density at radius 1 is 0.268 bits per heavy atom. The summed E-state index contributed by atoms with van der Waals surface area (Å²) in [6, 6.07) is 30.2. The lowest BCUT2D eigenvalue weighted by Gasteiger charge is -2.50. The van der Waals surface area contributed by atoms with Crippen molar-refractivity contribution in [1.82, 2.24) is 0 Å². The Balaban J connectivity index is 0.000000214. The van der Waals surface area contributed by atoms with Crippen LogP contribution >= 0.6 is 0 Å². The average molecular weight is 1940 g/mol. The summed E-state index contributed by atoms with van der Waals surface area (Å²) in [5.74, 6) is 0.230. The zero-order valence-corrected chi connectivity index (χ0v) is 88.1. The van der Waals surface area contributed by atoms with Crippen molar-refractivity contribution in [2.45, 2.75) is 412 Å². The first kappa shape index (κ1) is 115. The molecule has 0 aliphatic carbocycles. The van der Waals surface area contributed by atoms with Gasteiger partial charge in [-0.1, -0.05) is 269 Å². The summed E-state index contributed by atoms with van der Waals surface area (Å²) in [4.78, 5) is 36.6. The van der Waals surface area contributed by atoms with E-state index >= 15 is 4.39 Å². The molecule has 3 aromatic carbocycles. The molecule has 9 fully saturated rings. The molecule has 9 aliphatic heterocycles. The highest BCUT2D eigenvalue weighted by molar-refractivity contribution is 5.67. The average Bonchev–Trinajstić information content (AvgIpc) is 0.780. The number of halogens is 1. The smallest absolute Gasteiger partial charge is 0.303 e. The number of ether oxygens (including phenoxy) is 23. The first-order valence-electron chi connectivity index (χ1n) is 52.2. The second kappa shape index (κ2) is 55.3. The van der Waals surface area contributed by atoms with Gasteiger partial charge in [0.2, 0.25) is 6.36 Å². The second-order valence-electron chi connectivity index (χ2n) is 41.4. The van der Waals surface area contributed by atoms with Gasteiger partial charge >= 0.3 is 17.9 Å².